The Kier molecular flexibility index (Phi) is 7.01. The number of carbonyl (C=O) groups is 1. The number of ether oxygens (including phenoxy) is 1. The molecule has 0 aromatic heterocycles. The molecule has 8 heteroatoms. The second-order valence-electron chi connectivity index (χ2n) is 7.99. The molecule has 0 aliphatic carbocycles. The average Bonchev–Trinajstić information content (AvgIpc) is 3.31. The van der Waals surface area contributed by atoms with Gasteiger partial charge in [-0.15, -0.1) is 23.5 Å². The Morgan fingerprint density at radius 2 is 1.61 bits per heavy atom. The summed E-state index contributed by atoms with van der Waals surface area (Å²) in [5, 5.41) is 0. The lowest BCUT2D eigenvalue weighted by Gasteiger charge is -2.30. The van der Waals surface area contributed by atoms with Crippen LogP contribution in [-0.2, 0) is 14.8 Å². The summed E-state index contributed by atoms with van der Waals surface area (Å²) in [6.45, 7) is 4.52. The van der Waals surface area contributed by atoms with Crippen molar-refractivity contribution in [1.29, 1.82) is 0 Å². The maximum Gasteiger partial charge on any atom is 0.314 e. The van der Waals surface area contributed by atoms with Crippen molar-refractivity contribution >= 4 is 39.5 Å². The van der Waals surface area contributed by atoms with E-state index in [9.17, 15) is 13.2 Å². The van der Waals surface area contributed by atoms with E-state index in [4.69, 9.17) is 4.74 Å². The van der Waals surface area contributed by atoms with Gasteiger partial charge in [-0.3, -0.25) is 4.79 Å². The third-order valence-electron chi connectivity index (χ3n) is 5.90. The normalized spacial score (nSPS) is 18.9. The van der Waals surface area contributed by atoms with Crippen LogP contribution < -0.4 is 4.74 Å². The summed E-state index contributed by atoms with van der Waals surface area (Å²) >= 11 is 3.88. The summed E-state index contributed by atoms with van der Waals surface area (Å²) < 4.78 is 33.5. The molecule has 5 nitrogen and oxygen atoms in total. The largest absolute Gasteiger partial charge is 0.426 e. The number of hydrogen-bond acceptors (Lipinski definition) is 6. The fraction of sp³-hybridized carbons (Fsp3) is 0.435. The molecule has 0 amide bonds. The minimum absolute atomic E-state index is 0.277. The first kappa shape index (κ1) is 22.7. The van der Waals surface area contributed by atoms with Crippen LogP contribution in [0.2, 0.25) is 0 Å². The third kappa shape index (κ3) is 5.13. The lowest BCUT2D eigenvalue weighted by molar-refractivity contribution is -0.140. The number of nitrogens with zero attached hydrogens (tertiary/aromatic N) is 1. The minimum Gasteiger partial charge on any atom is -0.426 e. The molecule has 0 atom stereocenters. The highest BCUT2D eigenvalue weighted by atomic mass is 32.2. The van der Waals surface area contributed by atoms with Crippen LogP contribution in [0.15, 0.2) is 47.4 Å². The molecule has 0 N–H and O–H groups in total. The molecule has 166 valence electrons. The summed E-state index contributed by atoms with van der Waals surface area (Å²) in [7, 11) is -3.55. The predicted molar refractivity (Wildman–Crippen MR) is 127 cm³/mol. The highest BCUT2D eigenvalue weighted by molar-refractivity contribution is 8.19. The van der Waals surface area contributed by atoms with E-state index in [0.29, 0.717) is 41.2 Å². The van der Waals surface area contributed by atoms with Gasteiger partial charge in [0, 0.05) is 24.6 Å². The van der Waals surface area contributed by atoms with Crippen LogP contribution in [0, 0.1) is 19.8 Å². The number of hydrogen-bond donors (Lipinski definition) is 0. The Labute approximate surface area is 193 Å². The van der Waals surface area contributed by atoms with Crippen molar-refractivity contribution in [2.45, 2.75) is 36.2 Å². The fourth-order valence-corrected chi connectivity index (χ4v) is 8.21. The molecule has 2 aromatic rings. The molecule has 2 aliphatic heterocycles. The van der Waals surface area contributed by atoms with Crippen LogP contribution in [-0.4, -0.2) is 43.3 Å². The Hall–Kier alpha value is -1.48. The highest BCUT2D eigenvalue weighted by Crippen LogP contribution is 2.45. The van der Waals surface area contributed by atoms with E-state index in [-0.39, 0.29) is 11.9 Å². The maximum absolute atomic E-state index is 13.0. The van der Waals surface area contributed by atoms with Crippen LogP contribution in [0.5, 0.6) is 5.75 Å². The minimum atomic E-state index is -3.55. The first-order valence-electron chi connectivity index (χ1n) is 10.5. The lowest BCUT2D eigenvalue weighted by atomic mass is 9.98. The average molecular weight is 478 g/mol. The van der Waals surface area contributed by atoms with Gasteiger partial charge in [-0.1, -0.05) is 18.2 Å². The van der Waals surface area contributed by atoms with Crippen LogP contribution in [0.1, 0.15) is 34.1 Å². The molecular weight excluding hydrogens is 450 g/mol. The molecule has 4 rings (SSSR count). The smallest absolute Gasteiger partial charge is 0.314 e. The number of carbonyl (C=O) groups excluding carboxylic acids is 1. The van der Waals surface area contributed by atoms with Crippen molar-refractivity contribution in [1.82, 2.24) is 4.31 Å². The van der Waals surface area contributed by atoms with Crippen LogP contribution in [0.25, 0.3) is 0 Å². The second kappa shape index (κ2) is 9.57. The summed E-state index contributed by atoms with van der Waals surface area (Å²) in [6.07, 6.45) is 0.937. The zero-order valence-electron chi connectivity index (χ0n) is 17.7. The zero-order valence-corrected chi connectivity index (χ0v) is 20.2. The Bertz CT molecular complexity index is 1040. The number of sulfonamides is 1. The Morgan fingerprint density at radius 1 is 0.968 bits per heavy atom. The van der Waals surface area contributed by atoms with E-state index < -0.39 is 10.0 Å². The molecule has 2 heterocycles. The lowest BCUT2D eigenvalue weighted by Crippen LogP contribution is -2.41. The van der Waals surface area contributed by atoms with Gasteiger partial charge in [0.05, 0.1) is 15.4 Å². The highest BCUT2D eigenvalue weighted by Gasteiger charge is 2.33. The molecule has 31 heavy (non-hydrogen) atoms. The van der Waals surface area contributed by atoms with Crippen molar-refractivity contribution < 1.29 is 17.9 Å². The molecule has 0 radical (unpaired) electrons. The van der Waals surface area contributed by atoms with E-state index in [1.165, 1.54) is 21.4 Å². The molecule has 2 aliphatic rings. The van der Waals surface area contributed by atoms with Crippen molar-refractivity contribution in [3.8, 4) is 5.75 Å². The summed E-state index contributed by atoms with van der Waals surface area (Å²) in [5.41, 5.74) is 3.27. The number of esters is 1. The van der Waals surface area contributed by atoms with Gasteiger partial charge < -0.3 is 4.74 Å². The summed E-state index contributed by atoms with van der Waals surface area (Å²) in [5.74, 6) is 2.33. The number of piperidine rings is 1. The van der Waals surface area contributed by atoms with E-state index in [0.717, 1.165) is 11.1 Å². The molecule has 0 spiro atoms. The Balaban J connectivity index is 1.33. The second-order valence-corrected chi connectivity index (χ2v) is 12.7. The molecule has 0 unspecified atom stereocenters. The maximum atomic E-state index is 13.0. The summed E-state index contributed by atoms with van der Waals surface area (Å²) in [6, 6.07) is 13.0. The molecule has 2 fully saturated rings. The first-order chi connectivity index (χ1) is 14.8. The fourth-order valence-electron chi connectivity index (χ4n) is 3.80. The standard InChI is InChI=1S/C23H27NO4S3/c1-16-3-8-21(15-17(16)2)31(26,27)24-11-9-18(10-12-24)22(25)28-20-6-4-19(5-7-20)23-29-13-14-30-23/h3-8,15,18,23H,9-14H2,1-2H3. The third-order valence-corrected chi connectivity index (χ3v) is 10.9. The zero-order chi connectivity index (χ0) is 22.0. The van der Waals surface area contributed by atoms with Gasteiger partial charge in [-0.2, -0.15) is 4.31 Å². The molecule has 0 saturated carbocycles. The van der Waals surface area contributed by atoms with Gasteiger partial charge in [-0.05, 0) is 67.6 Å². The van der Waals surface area contributed by atoms with Gasteiger partial charge in [0.15, 0.2) is 0 Å². The number of rotatable bonds is 5. The quantitative estimate of drug-likeness (QED) is 0.456. The topological polar surface area (TPSA) is 63.7 Å². The van der Waals surface area contributed by atoms with Gasteiger partial charge >= 0.3 is 5.97 Å². The van der Waals surface area contributed by atoms with Crippen molar-refractivity contribution in [3.63, 3.8) is 0 Å². The SMILES string of the molecule is Cc1ccc(S(=O)(=O)N2CCC(C(=O)Oc3ccc(C4SCCS4)cc3)CC2)cc1C. The van der Waals surface area contributed by atoms with Crippen molar-refractivity contribution in [2.24, 2.45) is 5.92 Å². The monoisotopic (exact) mass is 477 g/mol. The van der Waals surface area contributed by atoms with Crippen molar-refractivity contribution in [2.75, 3.05) is 24.6 Å². The first-order valence-corrected chi connectivity index (χ1v) is 14.0. The van der Waals surface area contributed by atoms with Crippen LogP contribution >= 0.6 is 23.5 Å². The Morgan fingerprint density at radius 3 is 2.23 bits per heavy atom. The van der Waals surface area contributed by atoms with Gasteiger partial charge in [0.25, 0.3) is 0 Å². The van der Waals surface area contributed by atoms with Crippen molar-refractivity contribution in [3.05, 3.63) is 59.2 Å². The van der Waals surface area contributed by atoms with E-state index in [1.54, 1.807) is 12.1 Å². The van der Waals surface area contributed by atoms with E-state index in [1.807, 2.05) is 67.7 Å². The molecule has 2 saturated heterocycles. The molecule has 0 bridgehead atoms. The number of thioether (sulfide) groups is 2. The van der Waals surface area contributed by atoms with Crippen LogP contribution in [0.4, 0.5) is 0 Å². The van der Waals surface area contributed by atoms with Gasteiger partial charge in [0.1, 0.15) is 5.75 Å². The van der Waals surface area contributed by atoms with Crippen LogP contribution in [0.3, 0.4) is 0 Å². The number of aryl methyl sites for hydroxylation is 2. The molecule has 2 aromatic carbocycles. The predicted octanol–water partition coefficient (Wildman–Crippen LogP) is 4.79. The van der Waals surface area contributed by atoms with E-state index in [2.05, 4.69) is 0 Å². The van der Waals surface area contributed by atoms with E-state index >= 15 is 0 Å². The van der Waals surface area contributed by atoms with Gasteiger partial charge in [0.2, 0.25) is 10.0 Å². The number of benzene rings is 2. The van der Waals surface area contributed by atoms with Gasteiger partial charge in [-0.25, -0.2) is 8.42 Å². The molecular formula is C23H27NO4S3. The summed E-state index contributed by atoms with van der Waals surface area (Å²) in [4.78, 5) is 12.9.